The van der Waals surface area contributed by atoms with Crippen LogP contribution in [0.5, 0.6) is 11.5 Å². The SMILES string of the molecule is CCC(=O)NCCNC(=O)/N=C(/N)NCCC[C@@H](NC(=O)[C@H](c1ccccc1)c1cccc(OCCCCNC(=O)[C@@H](CCCN)NC(=O)CCNCN2CCN(CC(=O)O)CCN(CC(=O)O)CCN(CC(=O)O)CC2)c1)C(=O)NCc1ccc(O)cc1. The Morgan fingerprint density at radius 2 is 1.13 bits per heavy atom. The number of phenols is 1. The largest absolute Gasteiger partial charge is 0.508 e. The summed E-state index contributed by atoms with van der Waals surface area (Å²) in [5.41, 5.74) is 13.7. The molecule has 3 atom stereocenters. The van der Waals surface area contributed by atoms with Crippen molar-refractivity contribution in [2.75, 3.05) is 125 Å². The van der Waals surface area contributed by atoms with Crippen LogP contribution in [-0.4, -0.2) is 236 Å². The van der Waals surface area contributed by atoms with Crippen molar-refractivity contribution < 1.29 is 68.3 Å². The number of urea groups is 1. The number of carboxylic acid groups (broad SMARTS) is 3. The van der Waals surface area contributed by atoms with Crippen LogP contribution >= 0.6 is 0 Å². The zero-order valence-electron chi connectivity index (χ0n) is 50.8. The van der Waals surface area contributed by atoms with Gasteiger partial charge in [-0.25, -0.2) is 4.79 Å². The first kappa shape index (κ1) is 73.0. The lowest BCUT2D eigenvalue weighted by atomic mass is 9.90. The van der Waals surface area contributed by atoms with E-state index in [9.17, 15) is 63.6 Å². The Balaban J connectivity index is 1.30. The normalized spacial score (nSPS) is 14.9. The Labute approximate surface area is 519 Å². The molecule has 1 aliphatic rings. The lowest BCUT2D eigenvalue weighted by Crippen LogP contribution is -2.50. The first-order valence-electron chi connectivity index (χ1n) is 30.1. The molecule has 0 bridgehead atoms. The minimum absolute atomic E-state index is 0.0346. The second-order valence-corrected chi connectivity index (χ2v) is 21.3. The number of aliphatic carboxylic acids is 3. The molecule has 1 saturated heterocycles. The third kappa shape index (κ3) is 30.8. The second kappa shape index (κ2) is 41.6. The number of rotatable bonds is 37. The van der Waals surface area contributed by atoms with Gasteiger partial charge in [-0.1, -0.05) is 61.5 Å². The summed E-state index contributed by atoms with van der Waals surface area (Å²) in [5.74, 6) is -5.36. The molecule has 0 unspecified atom stereocenters. The minimum atomic E-state index is -1.04. The number of carbonyl (C=O) groups excluding carboxylic acids is 6. The van der Waals surface area contributed by atoms with E-state index in [0.717, 1.165) is 5.56 Å². The van der Waals surface area contributed by atoms with Crippen molar-refractivity contribution in [2.45, 2.75) is 82.8 Å². The van der Waals surface area contributed by atoms with E-state index in [4.69, 9.17) is 16.2 Å². The number of nitrogens with one attached hydrogen (secondary N) is 8. The van der Waals surface area contributed by atoms with Gasteiger partial charge < -0.3 is 79.2 Å². The van der Waals surface area contributed by atoms with Crippen LogP contribution in [0.25, 0.3) is 0 Å². The molecule has 29 nitrogen and oxygen atoms in total. The van der Waals surface area contributed by atoms with Gasteiger partial charge in [-0.05, 0) is 86.0 Å². The highest BCUT2D eigenvalue weighted by atomic mass is 16.5. The summed E-state index contributed by atoms with van der Waals surface area (Å²) >= 11 is 0. The van der Waals surface area contributed by atoms with Crippen LogP contribution in [0.3, 0.4) is 0 Å². The highest BCUT2D eigenvalue weighted by Crippen LogP contribution is 2.28. The van der Waals surface area contributed by atoms with Crippen LogP contribution in [0.2, 0.25) is 0 Å². The van der Waals surface area contributed by atoms with Gasteiger partial charge in [0.25, 0.3) is 0 Å². The van der Waals surface area contributed by atoms with Crippen molar-refractivity contribution in [1.29, 1.82) is 0 Å². The van der Waals surface area contributed by atoms with E-state index in [1.807, 2.05) is 35.2 Å². The number of amides is 7. The first-order valence-corrected chi connectivity index (χ1v) is 30.1. The molecular formula is C60H91N15O14. The van der Waals surface area contributed by atoms with E-state index in [0.29, 0.717) is 114 Å². The zero-order chi connectivity index (χ0) is 64.8. The number of guanidine groups is 1. The van der Waals surface area contributed by atoms with Crippen LogP contribution in [0.4, 0.5) is 4.79 Å². The Bertz CT molecular complexity index is 2700. The number of benzene rings is 3. The van der Waals surface area contributed by atoms with Gasteiger partial charge in [0.05, 0.1) is 32.2 Å². The molecule has 16 N–H and O–H groups in total. The topological polar surface area (TPSA) is 417 Å². The lowest BCUT2D eigenvalue weighted by molar-refractivity contribution is -0.140. The number of ether oxygens (including phenoxy) is 1. The maximum atomic E-state index is 14.5. The van der Waals surface area contributed by atoms with E-state index in [1.54, 1.807) is 58.0 Å². The smallest absolute Gasteiger partial charge is 0.344 e. The number of aromatic hydroxyl groups is 1. The average molecular weight is 1250 g/mol. The monoisotopic (exact) mass is 1250 g/mol. The highest BCUT2D eigenvalue weighted by molar-refractivity contribution is 5.93. The molecule has 7 amide bonds. The summed E-state index contributed by atoms with van der Waals surface area (Å²) in [7, 11) is 0. The Morgan fingerprint density at radius 1 is 0.573 bits per heavy atom. The van der Waals surface area contributed by atoms with Gasteiger partial charge in [0.15, 0.2) is 5.96 Å². The molecule has 4 rings (SSSR count). The van der Waals surface area contributed by atoms with E-state index >= 15 is 0 Å². The van der Waals surface area contributed by atoms with Crippen LogP contribution in [-0.2, 0) is 44.9 Å². The van der Waals surface area contributed by atoms with Gasteiger partial charge in [0, 0.05) is 111 Å². The van der Waals surface area contributed by atoms with E-state index in [-0.39, 0.29) is 114 Å². The minimum Gasteiger partial charge on any atom is -0.508 e. The van der Waals surface area contributed by atoms with Crippen molar-refractivity contribution >= 4 is 59.4 Å². The number of hydrogen-bond acceptors (Lipinski definition) is 17. The molecule has 89 heavy (non-hydrogen) atoms. The third-order valence-electron chi connectivity index (χ3n) is 14.2. The maximum absolute atomic E-state index is 14.5. The summed E-state index contributed by atoms with van der Waals surface area (Å²) in [6.45, 7) is 5.72. The molecule has 1 fully saturated rings. The van der Waals surface area contributed by atoms with Crippen molar-refractivity contribution in [3.05, 3.63) is 95.6 Å². The molecule has 3 aromatic rings. The van der Waals surface area contributed by atoms with Gasteiger partial charge in [-0.2, -0.15) is 4.99 Å². The van der Waals surface area contributed by atoms with Crippen molar-refractivity contribution in [1.82, 2.24) is 62.1 Å². The molecular weight excluding hydrogens is 1150 g/mol. The van der Waals surface area contributed by atoms with Crippen molar-refractivity contribution in [2.24, 2.45) is 16.5 Å². The average Bonchev–Trinajstić information content (AvgIpc) is 2.12. The fourth-order valence-electron chi connectivity index (χ4n) is 9.42. The third-order valence-corrected chi connectivity index (χ3v) is 14.2. The molecule has 0 aliphatic carbocycles. The Hall–Kier alpha value is -8.48. The summed E-state index contributed by atoms with van der Waals surface area (Å²) < 4.78 is 6.15. The highest BCUT2D eigenvalue weighted by Gasteiger charge is 2.29. The van der Waals surface area contributed by atoms with Crippen molar-refractivity contribution in [3.63, 3.8) is 0 Å². The quantitative estimate of drug-likeness (QED) is 0.0190. The van der Waals surface area contributed by atoms with E-state index in [1.165, 1.54) is 12.1 Å². The van der Waals surface area contributed by atoms with E-state index < -0.39 is 53.8 Å². The van der Waals surface area contributed by atoms with Gasteiger partial charge >= 0.3 is 23.9 Å². The van der Waals surface area contributed by atoms with Gasteiger partial charge in [-0.15, -0.1) is 0 Å². The molecule has 29 heteroatoms. The van der Waals surface area contributed by atoms with Crippen LogP contribution < -0.4 is 58.7 Å². The lowest BCUT2D eigenvalue weighted by Gasteiger charge is -2.33. The predicted molar refractivity (Wildman–Crippen MR) is 331 cm³/mol. The molecule has 3 aromatic carbocycles. The number of carboxylic acids is 3. The fourth-order valence-corrected chi connectivity index (χ4v) is 9.42. The van der Waals surface area contributed by atoms with E-state index in [2.05, 4.69) is 47.5 Å². The van der Waals surface area contributed by atoms with Gasteiger partial charge in [0.1, 0.15) is 23.6 Å². The first-order chi connectivity index (χ1) is 42.8. The molecule has 0 saturated carbocycles. The molecule has 0 aromatic heterocycles. The maximum Gasteiger partial charge on any atom is 0.344 e. The van der Waals surface area contributed by atoms with Crippen molar-refractivity contribution in [3.8, 4) is 11.5 Å². The predicted octanol–water partition coefficient (Wildman–Crippen LogP) is -0.843. The molecule has 0 radical (unpaired) electrons. The number of aliphatic imine (C=N–C) groups is 1. The number of carbonyl (C=O) groups is 9. The van der Waals surface area contributed by atoms with Gasteiger partial charge in [-0.3, -0.25) is 58.0 Å². The Morgan fingerprint density at radius 3 is 1.74 bits per heavy atom. The summed E-state index contributed by atoms with van der Waals surface area (Å²) in [5, 5.41) is 61.2. The number of nitrogens with two attached hydrogens (primary N) is 2. The molecule has 490 valence electrons. The summed E-state index contributed by atoms with van der Waals surface area (Å²) in [6.07, 6.45) is 2.70. The fraction of sp³-hybridized carbons (Fsp3) is 0.533. The Kier molecular flexibility index (Phi) is 34.1. The second-order valence-electron chi connectivity index (χ2n) is 21.3. The number of nitrogens with zero attached hydrogens (tertiary/aromatic N) is 5. The number of phenolic OH excluding ortho intramolecular Hbond substituents is 1. The molecule has 0 spiro atoms. The number of hydrogen-bond donors (Lipinski definition) is 14. The zero-order valence-corrected chi connectivity index (χ0v) is 50.8. The van der Waals surface area contributed by atoms with Gasteiger partial charge in [0.2, 0.25) is 29.5 Å². The van der Waals surface area contributed by atoms with Crippen LogP contribution in [0.1, 0.15) is 80.9 Å². The number of unbranched alkanes of at least 4 members (excludes halogenated alkanes) is 1. The summed E-state index contributed by atoms with van der Waals surface area (Å²) in [6, 6.07) is 19.9. The molecule has 1 heterocycles. The standard InChI is InChI=1S/C60H91N15O14/c1-2-50(77)64-26-27-67-60(88)71-59(62)66-24-10-16-49(57(86)68-38-43-17-19-46(76)20-18-43)70-58(87)55(44-11-4-3-5-12-44)45-13-8-14-47(37-45)89-36-7-6-23-65-56(85)48(15-9-22-61)69-51(78)21-25-63-42-75-34-32-73(40-53(81)82)30-28-72(39-52(79)80)29-31-74(33-35-75)41-54(83)84/h3-5,8,11-14,17-20,37,48-49,55,63,76H,2,6-7,9-10,15-16,21-36,38-42,61H2,1H3,(H,64,77)(H,65,85)(H,68,86)(H,69,78)(H,70,87)(H,79,80)(H,81,82)(H,83,84)(H4,62,66,67,71,88)/t48-,49-,55-/m1/s1. The van der Waals surface area contributed by atoms with Crippen LogP contribution in [0, 0.1) is 0 Å². The van der Waals surface area contributed by atoms with Crippen LogP contribution in [0.15, 0.2) is 83.9 Å². The summed E-state index contributed by atoms with van der Waals surface area (Å²) in [4.78, 5) is 124. The molecule has 1 aliphatic heterocycles.